The van der Waals surface area contributed by atoms with Gasteiger partial charge in [-0.3, -0.25) is 10.1 Å². The molecule has 1 aliphatic rings. The number of piperidine rings is 1. The van der Waals surface area contributed by atoms with Crippen LogP contribution in [-0.2, 0) is 11.8 Å². The van der Waals surface area contributed by atoms with Gasteiger partial charge in [-0.05, 0) is 51.1 Å². The summed E-state index contributed by atoms with van der Waals surface area (Å²) >= 11 is 11.9. The van der Waals surface area contributed by atoms with E-state index in [4.69, 9.17) is 27.9 Å². The Labute approximate surface area is 174 Å². The van der Waals surface area contributed by atoms with Crippen LogP contribution < -0.4 is 15.4 Å². The summed E-state index contributed by atoms with van der Waals surface area (Å²) in [6.07, 6.45) is 1.23. The van der Waals surface area contributed by atoms with Gasteiger partial charge >= 0.3 is 0 Å². The van der Waals surface area contributed by atoms with Gasteiger partial charge in [-0.1, -0.05) is 23.2 Å². The van der Waals surface area contributed by atoms with Gasteiger partial charge in [0, 0.05) is 18.0 Å². The fraction of sp³-hybridized carbons (Fsp3) is 0.471. The quantitative estimate of drug-likeness (QED) is 0.753. The predicted octanol–water partition coefficient (Wildman–Crippen LogP) is 3.42. The van der Waals surface area contributed by atoms with Crippen molar-refractivity contribution >= 4 is 47.5 Å². The van der Waals surface area contributed by atoms with E-state index >= 15 is 0 Å². The number of hydrogen-bond acceptors (Lipinski definition) is 5. The summed E-state index contributed by atoms with van der Waals surface area (Å²) < 4.78 is 7.21. The Kier molecular flexibility index (Phi) is 7.73. The monoisotopic (exact) mass is 433 g/mol. The second-order valence-corrected chi connectivity index (χ2v) is 7.11. The van der Waals surface area contributed by atoms with E-state index in [0.29, 0.717) is 27.7 Å². The lowest BCUT2D eigenvalue weighted by molar-refractivity contribution is -0.122. The third kappa shape index (κ3) is 5.48. The molecule has 2 aromatic rings. The minimum atomic E-state index is -0.757. The molecule has 7 nitrogen and oxygen atoms in total. The fourth-order valence-electron chi connectivity index (χ4n) is 2.79. The van der Waals surface area contributed by atoms with Crippen molar-refractivity contribution in [3.05, 3.63) is 34.1 Å². The van der Waals surface area contributed by atoms with Gasteiger partial charge in [0.1, 0.15) is 5.75 Å². The zero-order chi connectivity index (χ0) is 18.7. The first-order valence-corrected chi connectivity index (χ1v) is 9.24. The molecule has 2 heterocycles. The fourth-order valence-corrected chi connectivity index (χ4v) is 3.25. The molecule has 27 heavy (non-hydrogen) atoms. The Bertz CT molecular complexity index is 793. The molecular formula is C17H22Cl3N5O2. The maximum atomic E-state index is 12.4. The molecule has 0 spiro atoms. The van der Waals surface area contributed by atoms with Gasteiger partial charge in [0.05, 0.1) is 5.02 Å². The highest BCUT2D eigenvalue weighted by atomic mass is 35.5. The maximum Gasteiger partial charge on any atom is 0.267 e. The number of ether oxygens (including phenoxy) is 1. The number of anilines is 1. The van der Waals surface area contributed by atoms with Crippen molar-refractivity contribution in [3.8, 4) is 5.75 Å². The summed E-state index contributed by atoms with van der Waals surface area (Å²) in [5.41, 5.74) is 0. The van der Waals surface area contributed by atoms with E-state index < -0.39 is 6.10 Å². The Morgan fingerprint density at radius 2 is 2.07 bits per heavy atom. The van der Waals surface area contributed by atoms with Gasteiger partial charge in [0.15, 0.2) is 11.9 Å². The molecule has 3 rings (SSSR count). The zero-order valence-electron chi connectivity index (χ0n) is 15.0. The number of halogens is 3. The average molecular weight is 435 g/mol. The van der Waals surface area contributed by atoms with E-state index in [1.54, 1.807) is 36.9 Å². The van der Waals surface area contributed by atoms with Crippen molar-refractivity contribution in [2.75, 3.05) is 18.4 Å². The van der Waals surface area contributed by atoms with Crippen molar-refractivity contribution in [2.45, 2.75) is 31.8 Å². The normalized spacial score (nSPS) is 15.7. The lowest BCUT2D eigenvalue weighted by Crippen LogP contribution is -2.31. The van der Waals surface area contributed by atoms with E-state index in [1.807, 2.05) is 0 Å². The number of aryl methyl sites for hydroxylation is 1. The largest absolute Gasteiger partial charge is 0.479 e. The van der Waals surface area contributed by atoms with Crippen LogP contribution in [-0.4, -0.2) is 39.9 Å². The summed E-state index contributed by atoms with van der Waals surface area (Å²) in [6.45, 7) is 3.55. The molecule has 0 saturated carbocycles. The van der Waals surface area contributed by atoms with E-state index in [2.05, 4.69) is 20.7 Å². The number of carbonyl (C=O) groups is 1. The zero-order valence-corrected chi connectivity index (χ0v) is 17.4. The number of nitrogens with one attached hydrogen (secondary N) is 2. The van der Waals surface area contributed by atoms with E-state index in [1.165, 1.54) is 0 Å². The van der Waals surface area contributed by atoms with Crippen molar-refractivity contribution < 1.29 is 9.53 Å². The molecule has 0 aliphatic carbocycles. The molecular weight excluding hydrogens is 413 g/mol. The molecule has 1 aromatic heterocycles. The molecule has 2 N–H and O–H groups in total. The summed E-state index contributed by atoms with van der Waals surface area (Å²) in [6, 6.07) is 4.85. The van der Waals surface area contributed by atoms with Crippen molar-refractivity contribution in [3.63, 3.8) is 0 Å². The first-order chi connectivity index (χ1) is 12.4. The van der Waals surface area contributed by atoms with Crippen LogP contribution in [0.15, 0.2) is 18.2 Å². The SMILES string of the molecule is CC(Oc1ccc(Cl)cc1Cl)C(=O)Nc1nc(C2CCNCC2)nn1C.Cl. The molecule has 1 aliphatic heterocycles. The van der Waals surface area contributed by atoms with E-state index in [9.17, 15) is 4.79 Å². The molecule has 1 unspecified atom stereocenters. The molecule has 0 bridgehead atoms. The van der Waals surface area contributed by atoms with Gasteiger partial charge in [-0.25, -0.2) is 4.68 Å². The molecule has 1 saturated heterocycles. The highest BCUT2D eigenvalue weighted by Crippen LogP contribution is 2.28. The second kappa shape index (κ2) is 9.59. The summed E-state index contributed by atoms with van der Waals surface area (Å²) in [5.74, 6) is 1.55. The molecule has 0 radical (unpaired) electrons. The predicted molar refractivity (Wildman–Crippen MR) is 108 cm³/mol. The minimum Gasteiger partial charge on any atom is -0.479 e. The standard InChI is InChI=1S/C17H21Cl2N5O2.ClH/c1-10(26-14-4-3-12(18)9-13(14)19)16(25)22-17-21-15(23-24(17)2)11-5-7-20-8-6-11;/h3-4,9-11,20H,5-8H2,1-2H3,(H,21,22,23,25);1H. The van der Waals surface area contributed by atoms with Gasteiger partial charge in [0.25, 0.3) is 5.91 Å². The van der Waals surface area contributed by atoms with Crippen LogP contribution in [0.25, 0.3) is 0 Å². The van der Waals surface area contributed by atoms with Crippen molar-refractivity contribution in [1.29, 1.82) is 0 Å². The molecule has 1 amide bonds. The van der Waals surface area contributed by atoms with Crippen molar-refractivity contribution in [2.24, 2.45) is 7.05 Å². The molecule has 10 heteroatoms. The highest BCUT2D eigenvalue weighted by Gasteiger charge is 2.23. The number of benzene rings is 1. The lowest BCUT2D eigenvalue weighted by atomic mass is 9.98. The van der Waals surface area contributed by atoms with Crippen LogP contribution in [0.2, 0.25) is 10.0 Å². The van der Waals surface area contributed by atoms with Crippen LogP contribution in [0.1, 0.15) is 31.5 Å². The smallest absolute Gasteiger partial charge is 0.267 e. The number of hydrogen-bond donors (Lipinski definition) is 2. The average Bonchev–Trinajstić information content (AvgIpc) is 2.98. The van der Waals surface area contributed by atoms with E-state index in [0.717, 1.165) is 31.8 Å². The van der Waals surface area contributed by atoms with Crippen molar-refractivity contribution in [1.82, 2.24) is 20.1 Å². The first kappa shape index (κ1) is 21.8. The van der Waals surface area contributed by atoms with E-state index in [-0.39, 0.29) is 18.3 Å². The molecule has 1 aromatic carbocycles. The van der Waals surface area contributed by atoms with Crippen LogP contribution >= 0.6 is 35.6 Å². The first-order valence-electron chi connectivity index (χ1n) is 8.48. The highest BCUT2D eigenvalue weighted by molar-refractivity contribution is 6.35. The summed E-state index contributed by atoms with van der Waals surface area (Å²) in [4.78, 5) is 16.9. The third-order valence-electron chi connectivity index (χ3n) is 4.29. The number of amides is 1. The second-order valence-electron chi connectivity index (χ2n) is 6.27. The van der Waals surface area contributed by atoms with Gasteiger partial charge < -0.3 is 10.1 Å². The number of aromatic nitrogens is 3. The van der Waals surface area contributed by atoms with Crippen LogP contribution in [0.3, 0.4) is 0 Å². The third-order valence-corrected chi connectivity index (χ3v) is 4.82. The topological polar surface area (TPSA) is 81.1 Å². The Balaban J connectivity index is 0.00000261. The van der Waals surface area contributed by atoms with Gasteiger partial charge in [0.2, 0.25) is 5.95 Å². The number of rotatable bonds is 5. The Morgan fingerprint density at radius 1 is 1.37 bits per heavy atom. The van der Waals surface area contributed by atoms with Crippen LogP contribution in [0.4, 0.5) is 5.95 Å². The van der Waals surface area contributed by atoms with Crippen LogP contribution in [0.5, 0.6) is 5.75 Å². The van der Waals surface area contributed by atoms with Gasteiger partial charge in [-0.15, -0.1) is 12.4 Å². The molecule has 148 valence electrons. The summed E-state index contributed by atoms with van der Waals surface area (Å²) in [5, 5.41) is 11.4. The number of nitrogens with zero attached hydrogens (tertiary/aromatic N) is 3. The Morgan fingerprint density at radius 3 is 2.74 bits per heavy atom. The molecule has 1 fully saturated rings. The molecule has 1 atom stereocenters. The van der Waals surface area contributed by atoms with Crippen LogP contribution in [0, 0.1) is 0 Å². The number of carbonyl (C=O) groups excluding carboxylic acids is 1. The Hall–Kier alpha value is -1.54. The summed E-state index contributed by atoms with van der Waals surface area (Å²) in [7, 11) is 1.76. The lowest BCUT2D eigenvalue weighted by Gasteiger charge is -2.19. The van der Waals surface area contributed by atoms with Gasteiger partial charge in [-0.2, -0.15) is 10.1 Å². The minimum absolute atomic E-state index is 0. The maximum absolute atomic E-state index is 12.4.